The van der Waals surface area contributed by atoms with Crippen molar-refractivity contribution in [2.75, 3.05) is 39.2 Å². The minimum Gasteiger partial charge on any atom is -0.382 e. The molecule has 1 atom stereocenters. The Balaban J connectivity index is 3.09. The van der Waals surface area contributed by atoms with E-state index in [0.717, 1.165) is 6.42 Å². The molecule has 0 aromatic heterocycles. The lowest BCUT2D eigenvalue weighted by molar-refractivity contribution is -0.125. The fourth-order valence-electron chi connectivity index (χ4n) is 2.77. The maximum Gasteiger partial charge on any atom is 0.257 e. The lowest BCUT2D eigenvalue weighted by Crippen LogP contribution is -2.47. The average molecular weight is 391 g/mol. The first-order chi connectivity index (χ1) is 13.5. The lowest BCUT2D eigenvalue weighted by Gasteiger charge is -2.28. The monoisotopic (exact) mass is 391 g/mol. The Hall–Kier alpha value is -2.74. The van der Waals surface area contributed by atoms with Gasteiger partial charge in [0.2, 0.25) is 5.91 Å². The third-order valence-electron chi connectivity index (χ3n) is 4.24. The van der Waals surface area contributed by atoms with Crippen molar-refractivity contribution in [1.82, 2.24) is 10.2 Å². The largest absolute Gasteiger partial charge is 0.382 e. The molecule has 8 nitrogen and oxygen atoms in total. The smallest absolute Gasteiger partial charge is 0.257 e. The summed E-state index contributed by atoms with van der Waals surface area (Å²) in [5.41, 5.74) is 0.908. The van der Waals surface area contributed by atoms with Crippen molar-refractivity contribution in [3.63, 3.8) is 0 Å². The van der Waals surface area contributed by atoms with Crippen LogP contribution in [0.4, 0.5) is 5.69 Å². The number of anilines is 1. The maximum absolute atomic E-state index is 13.1. The number of aldehydes is 2. The van der Waals surface area contributed by atoms with E-state index in [1.165, 1.54) is 19.0 Å². The van der Waals surface area contributed by atoms with Crippen LogP contribution in [-0.4, -0.2) is 69.2 Å². The molecule has 0 fully saturated rings. The van der Waals surface area contributed by atoms with Crippen molar-refractivity contribution >= 4 is 30.1 Å². The fraction of sp³-hybridized carbons (Fsp3) is 0.500. The summed E-state index contributed by atoms with van der Waals surface area (Å²) >= 11 is 0. The van der Waals surface area contributed by atoms with Gasteiger partial charge < -0.3 is 25.1 Å². The number of nitrogens with zero attached hydrogens (tertiary/aromatic N) is 1. The van der Waals surface area contributed by atoms with Gasteiger partial charge in [-0.1, -0.05) is 19.1 Å². The molecule has 2 N–H and O–H groups in total. The zero-order valence-electron chi connectivity index (χ0n) is 16.7. The van der Waals surface area contributed by atoms with E-state index in [2.05, 4.69) is 10.6 Å². The fourth-order valence-corrected chi connectivity index (χ4v) is 2.77. The van der Waals surface area contributed by atoms with Crippen LogP contribution in [0, 0.1) is 0 Å². The molecule has 1 unspecified atom stereocenters. The highest BCUT2D eigenvalue weighted by Crippen LogP contribution is 2.22. The van der Waals surface area contributed by atoms with Gasteiger partial charge in [-0.15, -0.1) is 0 Å². The van der Waals surface area contributed by atoms with Gasteiger partial charge in [0.15, 0.2) is 6.29 Å². The molecule has 154 valence electrons. The maximum atomic E-state index is 13.1. The van der Waals surface area contributed by atoms with E-state index >= 15 is 0 Å². The Labute approximate surface area is 165 Å². The molecule has 1 aromatic rings. The van der Waals surface area contributed by atoms with Crippen molar-refractivity contribution in [1.29, 1.82) is 0 Å². The minimum absolute atomic E-state index is 0.144. The van der Waals surface area contributed by atoms with Gasteiger partial charge in [0, 0.05) is 44.9 Å². The third-order valence-corrected chi connectivity index (χ3v) is 4.24. The predicted molar refractivity (Wildman–Crippen MR) is 107 cm³/mol. The summed E-state index contributed by atoms with van der Waals surface area (Å²) in [7, 11) is 2.96. The van der Waals surface area contributed by atoms with Crippen LogP contribution in [0.15, 0.2) is 18.2 Å². The summed E-state index contributed by atoms with van der Waals surface area (Å²) in [6.07, 6.45) is 2.57. The number of benzene rings is 1. The Bertz CT molecular complexity index is 678. The molecule has 28 heavy (non-hydrogen) atoms. The molecular weight excluding hydrogens is 362 g/mol. The summed E-state index contributed by atoms with van der Waals surface area (Å²) in [6.45, 7) is 3.59. The Kier molecular flexibility index (Phi) is 10.5. The second-order valence-electron chi connectivity index (χ2n) is 6.22. The number of hydrogen-bond donors (Lipinski definition) is 2. The highest BCUT2D eigenvalue weighted by atomic mass is 16.5. The molecule has 0 bridgehead atoms. The van der Waals surface area contributed by atoms with Gasteiger partial charge in [0.05, 0.1) is 12.2 Å². The standard InChI is InChI=1S/C20H29N3O5/c1-4-12-28-13-10-22-16-8-5-7-15(14-25)18(16)20(27)23(3)17(9-6-11-24)19(26)21-2/h5,7-8,11,14,17,22H,4,6,9-10,12-13H2,1-3H3,(H,21,26). The molecule has 8 heteroatoms. The molecule has 0 aliphatic rings. The summed E-state index contributed by atoms with van der Waals surface area (Å²) in [4.78, 5) is 48.8. The van der Waals surface area contributed by atoms with Crippen LogP contribution in [0.2, 0.25) is 0 Å². The quantitative estimate of drug-likeness (QED) is 0.390. The van der Waals surface area contributed by atoms with E-state index in [9.17, 15) is 19.2 Å². The number of likely N-dealkylation sites (N-methyl/N-ethyl adjacent to an activating group) is 2. The first-order valence-electron chi connectivity index (χ1n) is 9.33. The molecule has 1 aromatic carbocycles. The first kappa shape index (κ1) is 23.3. The Morgan fingerprint density at radius 3 is 2.61 bits per heavy atom. The Morgan fingerprint density at radius 2 is 2.00 bits per heavy atom. The van der Waals surface area contributed by atoms with Crippen LogP contribution in [0.5, 0.6) is 0 Å². The van der Waals surface area contributed by atoms with E-state index in [-0.39, 0.29) is 29.9 Å². The highest BCUT2D eigenvalue weighted by Gasteiger charge is 2.29. The van der Waals surface area contributed by atoms with Crippen LogP contribution in [-0.2, 0) is 14.3 Å². The van der Waals surface area contributed by atoms with E-state index in [1.807, 2.05) is 6.92 Å². The molecule has 2 amide bonds. The molecular formula is C20H29N3O5. The number of carbonyl (C=O) groups excluding carboxylic acids is 4. The van der Waals surface area contributed by atoms with Crippen molar-refractivity contribution in [2.45, 2.75) is 32.2 Å². The number of nitrogens with one attached hydrogen (secondary N) is 2. The van der Waals surface area contributed by atoms with E-state index in [0.29, 0.717) is 38.0 Å². The van der Waals surface area contributed by atoms with Crippen molar-refractivity contribution in [3.8, 4) is 0 Å². The molecule has 0 heterocycles. The molecule has 0 radical (unpaired) electrons. The normalized spacial score (nSPS) is 11.4. The van der Waals surface area contributed by atoms with Crippen LogP contribution in [0.3, 0.4) is 0 Å². The third kappa shape index (κ3) is 6.45. The van der Waals surface area contributed by atoms with Gasteiger partial charge in [-0.25, -0.2) is 0 Å². The summed E-state index contributed by atoms with van der Waals surface area (Å²) in [5.74, 6) is -0.845. The topological polar surface area (TPSA) is 105 Å². The number of amides is 2. The van der Waals surface area contributed by atoms with Gasteiger partial charge >= 0.3 is 0 Å². The van der Waals surface area contributed by atoms with Crippen LogP contribution in [0.1, 0.15) is 46.9 Å². The second-order valence-corrected chi connectivity index (χ2v) is 6.22. The highest BCUT2D eigenvalue weighted by molar-refractivity contribution is 6.07. The molecule has 0 aliphatic heterocycles. The zero-order chi connectivity index (χ0) is 20.9. The Morgan fingerprint density at radius 1 is 1.25 bits per heavy atom. The number of ether oxygens (including phenoxy) is 1. The average Bonchev–Trinajstić information content (AvgIpc) is 2.72. The predicted octanol–water partition coefficient (Wildman–Crippen LogP) is 1.50. The minimum atomic E-state index is -0.817. The number of rotatable bonds is 13. The molecule has 0 saturated carbocycles. The van der Waals surface area contributed by atoms with Crippen molar-refractivity contribution < 1.29 is 23.9 Å². The van der Waals surface area contributed by atoms with Gasteiger partial charge in [-0.3, -0.25) is 14.4 Å². The molecule has 0 spiro atoms. The summed E-state index contributed by atoms with van der Waals surface area (Å²) in [5, 5.41) is 5.63. The second kappa shape index (κ2) is 12.6. The van der Waals surface area contributed by atoms with Crippen LogP contribution < -0.4 is 10.6 Å². The molecule has 0 saturated heterocycles. The number of carbonyl (C=O) groups is 4. The van der Waals surface area contributed by atoms with Crippen molar-refractivity contribution in [3.05, 3.63) is 29.3 Å². The molecule has 0 aliphatic carbocycles. The van der Waals surface area contributed by atoms with Crippen LogP contribution >= 0.6 is 0 Å². The van der Waals surface area contributed by atoms with E-state index in [4.69, 9.17) is 4.74 Å². The lowest BCUT2D eigenvalue weighted by atomic mass is 10.0. The van der Waals surface area contributed by atoms with Gasteiger partial charge in [0.1, 0.15) is 12.3 Å². The van der Waals surface area contributed by atoms with Crippen LogP contribution in [0.25, 0.3) is 0 Å². The van der Waals surface area contributed by atoms with Gasteiger partial charge in [-0.05, 0) is 18.9 Å². The summed E-state index contributed by atoms with van der Waals surface area (Å²) < 4.78 is 5.42. The van der Waals surface area contributed by atoms with Gasteiger partial charge in [-0.2, -0.15) is 0 Å². The van der Waals surface area contributed by atoms with Crippen molar-refractivity contribution in [2.24, 2.45) is 0 Å². The number of hydrogen-bond acceptors (Lipinski definition) is 6. The molecule has 1 rings (SSSR count). The van der Waals surface area contributed by atoms with E-state index < -0.39 is 11.9 Å². The SMILES string of the molecule is CCCOCCNc1cccc(C=O)c1C(=O)N(C)C(CCC=O)C(=O)NC. The van der Waals surface area contributed by atoms with E-state index in [1.54, 1.807) is 18.2 Å². The first-order valence-corrected chi connectivity index (χ1v) is 9.33. The zero-order valence-corrected chi connectivity index (χ0v) is 16.7. The summed E-state index contributed by atoms with van der Waals surface area (Å²) in [6, 6.07) is 4.11. The van der Waals surface area contributed by atoms with Gasteiger partial charge in [0.25, 0.3) is 5.91 Å².